The van der Waals surface area contributed by atoms with Gasteiger partial charge in [-0.3, -0.25) is 4.79 Å². The van der Waals surface area contributed by atoms with E-state index in [9.17, 15) is 4.79 Å². The van der Waals surface area contributed by atoms with Gasteiger partial charge in [0.15, 0.2) is 0 Å². The van der Waals surface area contributed by atoms with E-state index in [0.717, 1.165) is 44.3 Å². The van der Waals surface area contributed by atoms with Crippen LogP contribution in [-0.4, -0.2) is 29.1 Å². The van der Waals surface area contributed by atoms with Gasteiger partial charge in [-0.1, -0.05) is 24.4 Å². The Balaban J connectivity index is 1.71. The summed E-state index contributed by atoms with van der Waals surface area (Å²) in [5.74, 6) is 1.87. The molecule has 2 aliphatic carbocycles. The molecule has 0 bridgehead atoms. The minimum absolute atomic E-state index is 0.0948. The maximum Gasteiger partial charge on any atom is 0.313 e. The van der Waals surface area contributed by atoms with E-state index in [1.165, 1.54) is 0 Å². The zero-order chi connectivity index (χ0) is 15.6. The van der Waals surface area contributed by atoms with Crippen molar-refractivity contribution in [1.82, 2.24) is 9.97 Å². The third-order valence-corrected chi connectivity index (χ3v) is 4.73. The molecule has 1 aromatic heterocycles. The molecular weight excluding hydrogens is 302 g/mol. The molecular formula is C16H22ClN3O2. The van der Waals surface area contributed by atoms with E-state index in [4.69, 9.17) is 16.3 Å². The Hall–Kier alpha value is -1.36. The summed E-state index contributed by atoms with van der Waals surface area (Å²) in [6.07, 6.45) is 6.13. The summed E-state index contributed by atoms with van der Waals surface area (Å²) in [5, 5.41) is 3.75. The Kier molecular flexibility index (Phi) is 4.52. The molecule has 2 aliphatic rings. The number of carbonyl (C=O) groups is 1. The summed E-state index contributed by atoms with van der Waals surface area (Å²) in [4.78, 5) is 21.1. The summed E-state index contributed by atoms with van der Waals surface area (Å²) in [6, 6.07) is 1.72. The number of ether oxygens (including phenoxy) is 1. The average Bonchev–Trinajstić information content (AvgIpc) is 3.24. The number of hydrogen-bond donors (Lipinski definition) is 1. The molecule has 120 valence electrons. The molecule has 6 heteroatoms. The van der Waals surface area contributed by atoms with Gasteiger partial charge in [0.05, 0.1) is 12.0 Å². The first kappa shape index (κ1) is 15.5. The zero-order valence-electron chi connectivity index (χ0n) is 12.9. The number of anilines is 1. The molecule has 0 radical (unpaired) electrons. The molecule has 1 aromatic rings. The average molecular weight is 324 g/mol. The fourth-order valence-corrected chi connectivity index (χ4v) is 3.29. The summed E-state index contributed by atoms with van der Waals surface area (Å²) >= 11 is 6.08. The van der Waals surface area contributed by atoms with Crippen molar-refractivity contribution in [3.8, 4) is 0 Å². The highest BCUT2D eigenvalue weighted by atomic mass is 35.5. The molecule has 0 saturated heterocycles. The van der Waals surface area contributed by atoms with Gasteiger partial charge in [0.1, 0.15) is 16.8 Å². The van der Waals surface area contributed by atoms with Crippen LogP contribution in [-0.2, 0) is 9.53 Å². The maximum absolute atomic E-state index is 12.3. The molecule has 22 heavy (non-hydrogen) atoms. The molecule has 3 rings (SSSR count). The smallest absolute Gasteiger partial charge is 0.313 e. The molecule has 0 unspecified atom stereocenters. The fraction of sp³-hybridized carbons (Fsp3) is 0.688. The first-order valence-electron chi connectivity index (χ1n) is 8.08. The van der Waals surface area contributed by atoms with Gasteiger partial charge in [0, 0.05) is 18.5 Å². The van der Waals surface area contributed by atoms with Gasteiger partial charge in [-0.15, -0.1) is 0 Å². The second kappa shape index (κ2) is 6.41. The number of rotatable bonds is 6. The third-order valence-electron chi connectivity index (χ3n) is 4.53. The summed E-state index contributed by atoms with van der Waals surface area (Å²) in [5.41, 5.74) is -0.423. The van der Waals surface area contributed by atoms with Gasteiger partial charge in [-0.2, -0.15) is 0 Å². The quantitative estimate of drug-likeness (QED) is 0.640. The van der Waals surface area contributed by atoms with Crippen LogP contribution in [0.2, 0.25) is 5.15 Å². The molecule has 0 aliphatic heterocycles. The van der Waals surface area contributed by atoms with E-state index in [1.807, 2.05) is 6.92 Å². The van der Waals surface area contributed by atoms with E-state index in [-0.39, 0.29) is 5.97 Å². The van der Waals surface area contributed by atoms with Crippen LogP contribution in [0.25, 0.3) is 0 Å². The lowest BCUT2D eigenvalue weighted by Gasteiger charge is -2.27. The minimum atomic E-state index is -0.423. The largest absolute Gasteiger partial charge is 0.466 e. The van der Waals surface area contributed by atoms with Crippen LogP contribution in [0, 0.1) is 5.41 Å². The SMILES string of the molecule is CCOC(=O)C1(CNc2cc(Cl)nc(C3CC3)n2)CCCC1. The zero-order valence-corrected chi connectivity index (χ0v) is 13.7. The van der Waals surface area contributed by atoms with Crippen molar-refractivity contribution in [1.29, 1.82) is 0 Å². The Morgan fingerprint density at radius 1 is 1.41 bits per heavy atom. The predicted octanol–water partition coefficient (Wildman–Crippen LogP) is 3.54. The molecule has 0 amide bonds. The van der Waals surface area contributed by atoms with Crippen LogP contribution in [0.5, 0.6) is 0 Å². The van der Waals surface area contributed by atoms with Gasteiger partial charge in [0.25, 0.3) is 0 Å². The number of nitrogens with zero attached hydrogens (tertiary/aromatic N) is 2. The first-order chi connectivity index (χ1) is 10.6. The Labute approximate surface area is 135 Å². The van der Waals surface area contributed by atoms with Gasteiger partial charge < -0.3 is 10.1 Å². The van der Waals surface area contributed by atoms with Crippen LogP contribution < -0.4 is 5.32 Å². The molecule has 0 aromatic carbocycles. The lowest BCUT2D eigenvalue weighted by Crippen LogP contribution is -2.37. The van der Waals surface area contributed by atoms with Crippen LogP contribution >= 0.6 is 11.6 Å². The van der Waals surface area contributed by atoms with Crippen molar-refractivity contribution < 1.29 is 9.53 Å². The first-order valence-corrected chi connectivity index (χ1v) is 8.46. The van der Waals surface area contributed by atoms with Crippen molar-refractivity contribution in [2.24, 2.45) is 5.41 Å². The van der Waals surface area contributed by atoms with E-state index in [1.54, 1.807) is 6.07 Å². The topological polar surface area (TPSA) is 64.1 Å². The molecule has 2 saturated carbocycles. The lowest BCUT2D eigenvalue weighted by atomic mass is 9.86. The third kappa shape index (κ3) is 3.35. The van der Waals surface area contributed by atoms with Gasteiger partial charge in [-0.05, 0) is 32.6 Å². The van der Waals surface area contributed by atoms with Crippen LogP contribution in [0.15, 0.2) is 6.07 Å². The standard InChI is InChI=1S/C16H22ClN3O2/c1-2-22-15(21)16(7-3-4-8-16)10-18-13-9-12(17)19-14(20-13)11-5-6-11/h9,11H,2-8,10H2,1H3,(H,18,19,20). The summed E-state index contributed by atoms with van der Waals surface area (Å²) < 4.78 is 5.28. The van der Waals surface area contributed by atoms with E-state index >= 15 is 0 Å². The Morgan fingerprint density at radius 3 is 2.77 bits per heavy atom. The highest BCUT2D eigenvalue weighted by Crippen LogP contribution is 2.40. The van der Waals surface area contributed by atoms with Crippen molar-refractivity contribution in [2.45, 2.75) is 51.4 Å². The van der Waals surface area contributed by atoms with E-state index in [2.05, 4.69) is 15.3 Å². The normalized spacial score (nSPS) is 19.9. The maximum atomic E-state index is 12.3. The number of hydrogen-bond acceptors (Lipinski definition) is 5. The van der Waals surface area contributed by atoms with E-state index in [0.29, 0.717) is 30.0 Å². The second-order valence-electron chi connectivity index (χ2n) is 6.27. The predicted molar refractivity (Wildman–Crippen MR) is 85.0 cm³/mol. The fourth-order valence-electron chi connectivity index (χ4n) is 3.10. The van der Waals surface area contributed by atoms with Crippen molar-refractivity contribution in [2.75, 3.05) is 18.5 Å². The van der Waals surface area contributed by atoms with Crippen LogP contribution in [0.4, 0.5) is 5.82 Å². The van der Waals surface area contributed by atoms with Gasteiger partial charge in [0.2, 0.25) is 0 Å². The monoisotopic (exact) mass is 323 g/mol. The molecule has 5 nitrogen and oxygen atoms in total. The number of halogens is 1. The van der Waals surface area contributed by atoms with Crippen molar-refractivity contribution in [3.63, 3.8) is 0 Å². The lowest BCUT2D eigenvalue weighted by molar-refractivity contribution is -0.154. The molecule has 1 heterocycles. The van der Waals surface area contributed by atoms with Crippen molar-refractivity contribution in [3.05, 3.63) is 17.0 Å². The molecule has 2 fully saturated rings. The van der Waals surface area contributed by atoms with Crippen LogP contribution in [0.1, 0.15) is 57.2 Å². The molecule has 0 spiro atoms. The summed E-state index contributed by atoms with van der Waals surface area (Å²) in [6.45, 7) is 2.81. The number of carbonyl (C=O) groups excluding carboxylic acids is 1. The molecule has 0 atom stereocenters. The highest BCUT2D eigenvalue weighted by molar-refractivity contribution is 6.29. The second-order valence-corrected chi connectivity index (χ2v) is 6.66. The van der Waals surface area contributed by atoms with E-state index < -0.39 is 5.41 Å². The number of aromatic nitrogens is 2. The van der Waals surface area contributed by atoms with Gasteiger partial charge >= 0.3 is 5.97 Å². The Bertz CT molecular complexity index is 554. The highest BCUT2D eigenvalue weighted by Gasteiger charge is 2.42. The van der Waals surface area contributed by atoms with Crippen molar-refractivity contribution >= 4 is 23.4 Å². The number of esters is 1. The summed E-state index contributed by atoms with van der Waals surface area (Å²) in [7, 11) is 0. The van der Waals surface area contributed by atoms with Crippen LogP contribution in [0.3, 0.4) is 0 Å². The Morgan fingerprint density at radius 2 is 2.14 bits per heavy atom. The minimum Gasteiger partial charge on any atom is -0.466 e. The number of nitrogens with one attached hydrogen (secondary N) is 1. The molecule has 1 N–H and O–H groups in total. The van der Waals surface area contributed by atoms with Gasteiger partial charge in [-0.25, -0.2) is 9.97 Å².